The number of aliphatic hydroxyl groups is 1. The van der Waals surface area contributed by atoms with Gasteiger partial charge < -0.3 is 5.11 Å². The van der Waals surface area contributed by atoms with Crippen molar-refractivity contribution in [3.05, 3.63) is 70.0 Å². The highest BCUT2D eigenvalue weighted by Gasteiger charge is 2.30. The van der Waals surface area contributed by atoms with Crippen molar-refractivity contribution >= 4 is 11.6 Å². The molecule has 1 N–H and O–H groups in total. The molecular weight excluding hydrogens is 288 g/mol. The maximum Gasteiger partial charge on any atom is 0.228 e. The minimum Gasteiger partial charge on any atom is -0.504 e. The minimum absolute atomic E-state index is 0.190. The first kappa shape index (κ1) is 16.9. The van der Waals surface area contributed by atoms with Gasteiger partial charge in [0, 0.05) is 16.7 Å². The smallest absolute Gasteiger partial charge is 0.228 e. The van der Waals surface area contributed by atoms with Gasteiger partial charge in [-0.05, 0) is 40.0 Å². The van der Waals surface area contributed by atoms with Gasteiger partial charge in [-0.15, -0.1) is 0 Å². The van der Waals surface area contributed by atoms with Gasteiger partial charge >= 0.3 is 0 Å². The van der Waals surface area contributed by atoms with Gasteiger partial charge in [0.2, 0.25) is 5.78 Å². The van der Waals surface area contributed by atoms with Crippen molar-refractivity contribution < 1.29 is 14.7 Å². The van der Waals surface area contributed by atoms with E-state index in [1.54, 1.807) is 24.3 Å². The molecule has 0 aromatic heterocycles. The maximum absolute atomic E-state index is 12.5. The lowest BCUT2D eigenvalue weighted by Crippen LogP contribution is -2.21. The van der Waals surface area contributed by atoms with E-state index in [1.807, 2.05) is 13.0 Å². The Hall–Kier alpha value is -2.42. The van der Waals surface area contributed by atoms with Crippen LogP contribution in [0.15, 0.2) is 58.9 Å². The number of carbonyl (C=O) groups excluding carboxylic acids is 2. The van der Waals surface area contributed by atoms with Crippen LogP contribution in [0.4, 0.5) is 0 Å². The van der Waals surface area contributed by atoms with Crippen LogP contribution in [0.3, 0.4) is 0 Å². The topological polar surface area (TPSA) is 54.4 Å². The van der Waals surface area contributed by atoms with Crippen LogP contribution in [0.25, 0.3) is 0 Å². The van der Waals surface area contributed by atoms with Gasteiger partial charge in [-0.2, -0.15) is 0 Å². The highest BCUT2D eigenvalue weighted by molar-refractivity contribution is 6.26. The SMILES string of the molecule is CC(C)=CCC/C(C)=C/CC1=C(O)C(=O)c2ccccc2C1=O. The highest BCUT2D eigenvalue weighted by Crippen LogP contribution is 2.27. The molecule has 2 rings (SSSR count). The lowest BCUT2D eigenvalue weighted by Gasteiger charge is -2.16. The summed E-state index contributed by atoms with van der Waals surface area (Å²) < 4.78 is 0. The Morgan fingerprint density at radius 1 is 1.00 bits per heavy atom. The summed E-state index contributed by atoms with van der Waals surface area (Å²) in [5.74, 6) is -1.14. The van der Waals surface area contributed by atoms with Gasteiger partial charge in [-0.25, -0.2) is 0 Å². The van der Waals surface area contributed by atoms with E-state index in [9.17, 15) is 14.7 Å². The van der Waals surface area contributed by atoms with E-state index < -0.39 is 11.5 Å². The average Bonchev–Trinajstić information content (AvgIpc) is 2.52. The lowest BCUT2D eigenvalue weighted by atomic mass is 9.86. The van der Waals surface area contributed by atoms with Gasteiger partial charge in [0.05, 0.1) is 0 Å². The number of ketones is 2. The Morgan fingerprint density at radius 2 is 1.61 bits per heavy atom. The molecule has 0 atom stereocenters. The Bertz CT molecular complexity index is 729. The highest BCUT2D eigenvalue weighted by atomic mass is 16.3. The van der Waals surface area contributed by atoms with E-state index in [1.165, 1.54) is 5.57 Å². The molecule has 0 unspecified atom stereocenters. The van der Waals surface area contributed by atoms with Crippen LogP contribution in [-0.4, -0.2) is 16.7 Å². The van der Waals surface area contributed by atoms with E-state index in [-0.39, 0.29) is 23.3 Å². The third kappa shape index (κ3) is 3.86. The zero-order valence-corrected chi connectivity index (χ0v) is 13.8. The lowest BCUT2D eigenvalue weighted by molar-refractivity contribution is 0.0927. The van der Waals surface area contributed by atoms with Crippen LogP contribution in [0.2, 0.25) is 0 Å². The second-order valence-electron chi connectivity index (χ2n) is 6.11. The first-order chi connectivity index (χ1) is 10.9. The molecule has 1 aromatic rings. The summed E-state index contributed by atoms with van der Waals surface area (Å²) in [6.45, 7) is 6.12. The number of benzene rings is 1. The average molecular weight is 310 g/mol. The summed E-state index contributed by atoms with van der Waals surface area (Å²) in [6.07, 6.45) is 6.22. The van der Waals surface area contributed by atoms with Gasteiger partial charge in [0.25, 0.3) is 0 Å². The predicted octanol–water partition coefficient (Wildman–Crippen LogP) is 4.96. The van der Waals surface area contributed by atoms with Gasteiger partial charge in [0.15, 0.2) is 11.5 Å². The van der Waals surface area contributed by atoms with Crippen LogP contribution >= 0.6 is 0 Å². The van der Waals surface area contributed by atoms with Crippen molar-refractivity contribution in [1.29, 1.82) is 0 Å². The number of carbonyl (C=O) groups is 2. The van der Waals surface area contributed by atoms with Crippen molar-refractivity contribution in [3.8, 4) is 0 Å². The van der Waals surface area contributed by atoms with E-state index in [0.29, 0.717) is 5.56 Å². The molecular formula is C20H22O3. The molecule has 1 aromatic carbocycles. The van der Waals surface area contributed by atoms with Gasteiger partial charge in [-0.3, -0.25) is 9.59 Å². The normalized spacial score (nSPS) is 14.8. The number of Topliss-reactive ketones (excluding diaryl/α,β-unsaturated/α-hetero) is 2. The summed E-state index contributed by atoms with van der Waals surface area (Å²) >= 11 is 0. The number of hydrogen-bond acceptors (Lipinski definition) is 3. The second-order valence-corrected chi connectivity index (χ2v) is 6.11. The monoisotopic (exact) mass is 310 g/mol. The molecule has 0 amide bonds. The first-order valence-corrected chi connectivity index (χ1v) is 7.81. The summed E-state index contributed by atoms with van der Waals surface area (Å²) in [7, 11) is 0. The Kier molecular flexibility index (Phi) is 5.32. The third-order valence-electron chi connectivity index (χ3n) is 3.94. The van der Waals surface area contributed by atoms with Crippen molar-refractivity contribution in [2.45, 2.75) is 40.0 Å². The second kappa shape index (κ2) is 7.23. The number of rotatable bonds is 5. The quantitative estimate of drug-likeness (QED) is 0.782. The van der Waals surface area contributed by atoms with Crippen LogP contribution < -0.4 is 0 Å². The van der Waals surface area contributed by atoms with Crippen LogP contribution in [-0.2, 0) is 0 Å². The van der Waals surface area contributed by atoms with Gasteiger partial charge in [-0.1, -0.05) is 47.6 Å². The minimum atomic E-state index is -0.467. The molecule has 3 nitrogen and oxygen atoms in total. The zero-order chi connectivity index (χ0) is 17.0. The third-order valence-corrected chi connectivity index (χ3v) is 3.94. The van der Waals surface area contributed by atoms with E-state index in [0.717, 1.165) is 18.4 Å². The molecule has 3 heteroatoms. The number of allylic oxidation sites excluding steroid dienone is 6. The fourth-order valence-electron chi connectivity index (χ4n) is 2.57. The van der Waals surface area contributed by atoms with E-state index in [4.69, 9.17) is 0 Å². The van der Waals surface area contributed by atoms with Crippen LogP contribution in [0, 0.1) is 0 Å². The summed E-state index contributed by atoms with van der Waals surface area (Å²) in [6, 6.07) is 6.62. The van der Waals surface area contributed by atoms with Gasteiger partial charge in [0.1, 0.15) is 0 Å². The molecule has 0 radical (unpaired) electrons. The molecule has 0 aliphatic heterocycles. The fourth-order valence-corrected chi connectivity index (χ4v) is 2.57. The Labute approximate surface area is 137 Å². The van der Waals surface area contributed by atoms with Crippen molar-refractivity contribution in [2.75, 3.05) is 0 Å². The number of fused-ring (bicyclic) bond motifs is 1. The standard InChI is InChI=1S/C20H22O3/c1-13(2)7-6-8-14(3)11-12-17-18(21)15-9-4-5-10-16(15)19(22)20(17)23/h4-5,7,9-11,23H,6,8,12H2,1-3H3/b14-11+. The molecule has 120 valence electrons. The summed E-state index contributed by atoms with van der Waals surface area (Å²) in [4.78, 5) is 24.7. The maximum atomic E-state index is 12.5. The van der Waals surface area contributed by atoms with E-state index >= 15 is 0 Å². The molecule has 0 spiro atoms. The zero-order valence-electron chi connectivity index (χ0n) is 13.8. The Morgan fingerprint density at radius 3 is 2.22 bits per heavy atom. The number of hydrogen-bond donors (Lipinski definition) is 1. The molecule has 0 saturated heterocycles. The first-order valence-electron chi connectivity index (χ1n) is 7.81. The molecule has 23 heavy (non-hydrogen) atoms. The predicted molar refractivity (Wildman–Crippen MR) is 91.8 cm³/mol. The van der Waals surface area contributed by atoms with E-state index in [2.05, 4.69) is 19.9 Å². The van der Waals surface area contributed by atoms with Crippen LogP contribution in [0.5, 0.6) is 0 Å². The molecule has 0 saturated carbocycles. The number of aliphatic hydroxyl groups excluding tert-OH is 1. The summed E-state index contributed by atoms with van der Waals surface area (Å²) in [5.41, 5.74) is 3.27. The molecule has 1 aliphatic carbocycles. The van der Waals surface area contributed by atoms with Crippen molar-refractivity contribution in [1.82, 2.24) is 0 Å². The molecule has 0 heterocycles. The molecule has 0 fully saturated rings. The largest absolute Gasteiger partial charge is 0.504 e. The van der Waals surface area contributed by atoms with Crippen molar-refractivity contribution in [2.24, 2.45) is 0 Å². The molecule has 1 aliphatic rings. The van der Waals surface area contributed by atoms with Crippen molar-refractivity contribution in [3.63, 3.8) is 0 Å². The molecule has 0 bridgehead atoms. The summed E-state index contributed by atoms with van der Waals surface area (Å²) in [5, 5.41) is 10.1. The van der Waals surface area contributed by atoms with Crippen LogP contribution in [0.1, 0.15) is 60.7 Å². The Balaban J connectivity index is 2.17. The fraction of sp³-hybridized carbons (Fsp3) is 0.300.